The Balaban J connectivity index is 1.89. The zero-order chi connectivity index (χ0) is 14.4. The first-order chi connectivity index (χ1) is 9.76. The number of nitrogens with zero attached hydrogens (tertiary/aromatic N) is 3. The Morgan fingerprint density at radius 1 is 1.40 bits per heavy atom. The molecule has 0 aliphatic carbocycles. The van der Waals surface area contributed by atoms with E-state index in [0.29, 0.717) is 18.2 Å². The third kappa shape index (κ3) is 3.55. The topological polar surface area (TPSA) is 62.5 Å². The maximum absolute atomic E-state index is 12.3. The van der Waals surface area contributed by atoms with Crippen LogP contribution < -0.4 is 5.73 Å². The van der Waals surface area contributed by atoms with Gasteiger partial charge >= 0.3 is 0 Å². The number of carbonyl (C=O) groups is 1. The largest absolute Gasteiger partial charge is 0.336 e. The fourth-order valence-corrected chi connectivity index (χ4v) is 2.74. The third-order valence-electron chi connectivity index (χ3n) is 3.92. The van der Waals surface area contributed by atoms with Crippen molar-refractivity contribution in [2.45, 2.75) is 25.8 Å². The van der Waals surface area contributed by atoms with Gasteiger partial charge in [0.1, 0.15) is 0 Å². The van der Waals surface area contributed by atoms with Crippen molar-refractivity contribution in [3.05, 3.63) is 30.1 Å². The average molecular weight is 276 g/mol. The Morgan fingerprint density at radius 2 is 2.15 bits per heavy atom. The van der Waals surface area contributed by atoms with E-state index in [2.05, 4.69) is 16.8 Å². The molecule has 1 unspecified atom stereocenters. The first-order valence-corrected chi connectivity index (χ1v) is 7.39. The summed E-state index contributed by atoms with van der Waals surface area (Å²) in [5, 5.41) is 0. The van der Waals surface area contributed by atoms with Gasteiger partial charge in [0.05, 0.1) is 5.56 Å². The number of carbonyl (C=O) groups excluding carboxylic acids is 1. The Hall–Kier alpha value is -1.46. The standard InChI is InChI=1S/C15H24N4O/c1-2-4-14(11-16)18-7-9-19(10-8-18)15(20)13-5-3-6-17-12-13/h3,5-6,12,14H,2,4,7-11,16H2,1H3. The van der Waals surface area contributed by atoms with Crippen molar-refractivity contribution in [1.82, 2.24) is 14.8 Å². The minimum Gasteiger partial charge on any atom is -0.336 e. The molecular formula is C15H24N4O. The molecule has 1 fully saturated rings. The summed E-state index contributed by atoms with van der Waals surface area (Å²) in [4.78, 5) is 20.6. The van der Waals surface area contributed by atoms with E-state index in [1.807, 2.05) is 11.0 Å². The lowest BCUT2D eigenvalue weighted by Gasteiger charge is -2.39. The first kappa shape index (κ1) is 14.9. The van der Waals surface area contributed by atoms with E-state index in [-0.39, 0.29) is 5.91 Å². The van der Waals surface area contributed by atoms with Crippen molar-refractivity contribution in [2.75, 3.05) is 32.7 Å². The van der Waals surface area contributed by atoms with Crippen molar-refractivity contribution < 1.29 is 4.79 Å². The molecule has 2 heterocycles. The second kappa shape index (κ2) is 7.36. The predicted octanol–water partition coefficient (Wildman–Crippen LogP) is 0.967. The fraction of sp³-hybridized carbons (Fsp3) is 0.600. The van der Waals surface area contributed by atoms with Crippen LogP contribution in [-0.2, 0) is 0 Å². The number of rotatable bonds is 5. The lowest BCUT2D eigenvalue weighted by molar-refractivity contribution is 0.0566. The quantitative estimate of drug-likeness (QED) is 0.870. The van der Waals surface area contributed by atoms with E-state index < -0.39 is 0 Å². The van der Waals surface area contributed by atoms with Crippen molar-refractivity contribution in [1.29, 1.82) is 0 Å². The van der Waals surface area contributed by atoms with Gasteiger partial charge in [0.25, 0.3) is 5.91 Å². The molecule has 0 saturated carbocycles. The van der Waals surface area contributed by atoms with Crippen molar-refractivity contribution >= 4 is 5.91 Å². The van der Waals surface area contributed by atoms with Gasteiger partial charge in [-0.25, -0.2) is 0 Å². The van der Waals surface area contributed by atoms with Gasteiger partial charge in [0.15, 0.2) is 0 Å². The Kier molecular flexibility index (Phi) is 5.49. The molecule has 110 valence electrons. The van der Waals surface area contributed by atoms with Crippen LogP contribution in [0.1, 0.15) is 30.1 Å². The van der Waals surface area contributed by atoms with Crippen LogP contribution in [0.4, 0.5) is 0 Å². The first-order valence-electron chi connectivity index (χ1n) is 7.39. The van der Waals surface area contributed by atoms with Crippen LogP contribution in [0.3, 0.4) is 0 Å². The number of hydrogen-bond acceptors (Lipinski definition) is 4. The maximum atomic E-state index is 12.3. The van der Waals surface area contributed by atoms with Gasteiger partial charge in [-0.05, 0) is 18.6 Å². The summed E-state index contributed by atoms with van der Waals surface area (Å²) in [6, 6.07) is 4.08. The van der Waals surface area contributed by atoms with Crippen LogP contribution in [-0.4, -0.2) is 59.5 Å². The molecule has 20 heavy (non-hydrogen) atoms. The summed E-state index contributed by atoms with van der Waals surface area (Å²) in [7, 11) is 0. The molecule has 0 aromatic carbocycles. The highest BCUT2D eigenvalue weighted by Crippen LogP contribution is 2.12. The van der Waals surface area contributed by atoms with Crippen LogP contribution in [0.15, 0.2) is 24.5 Å². The van der Waals surface area contributed by atoms with Crippen LogP contribution >= 0.6 is 0 Å². The van der Waals surface area contributed by atoms with E-state index in [1.54, 1.807) is 18.5 Å². The monoisotopic (exact) mass is 276 g/mol. The van der Waals surface area contributed by atoms with E-state index in [9.17, 15) is 4.79 Å². The maximum Gasteiger partial charge on any atom is 0.255 e. The SMILES string of the molecule is CCCC(CN)N1CCN(C(=O)c2cccnc2)CC1. The Labute approximate surface area is 120 Å². The van der Waals surface area contributed by atoms with Crippen molar-refractivity contribution in [3.63, 3.8) is 0 Å². The molecule has 0 bridgehead atoms. The molecule has 5 heteroatoms. The predicted molar refractivity (Wildman–Crippen MR) is 79.5 cm³/mol. The lowest BCUT2D eigenvalue weighted by atomic mass is 10.1. The Bertz CT molecular complexity index is 415. The highest BCUT2D eigenvalue weighted by Gasteiger charge is 2.25. The molecule has 2 N–H and O–H groups in total. The fourth-order valence-electron chi connectivity index (χ4n) is 2.74. The smallest absolute Gasteiger partial charge is 0.255 e. The molecule has 1 saturated heterocycles. The highest BCUT2D eigenvalue weighted by atomic mass is 16.2. The minimum atomic E-state index is 0.0811. The molecule has 0 radical (unpaired) electrons. The summed E-state index contributed by atoms with van der Waals surface area (Å²) in [5.74, 6) is 0.0811. The lowest BCUT2D eigenvalue weighted by Crippen LogP contribution is -2.53. The molecule has 1 aliphatic heterocycles. The molecule has 0 spiro atoms. The van der Waals surface area contributed by atoms with Crippen LogP contribution in [0, 0.1) is 0 Å². The van der Waals surface area contributed by atoms with Gasteiger partial charge in [0, 0.05) is 51.2 Å². The second-order valence-corrected chi connectivity index (χ2v) is 5.25. The van der Waals surface area contributed by atoms with Gasteiger partial charge < -0.3 is 10.6 Å². The normalized spacial score (nSPS) is 18.0. The number of aromatic nitrogens is 1. The van der Waals surface area contributed by atoms with Crippen LogP contribution in [0.25, 0.3) is 0 Å². The summed E-state index contributed by atoms with van der Waals surface area (Å²) >= 11 is 0. The van der Waals surface area contributed by atoms with Gasteiger partial charge in [-0.1, -0.05) is 13.3 Å². The number of pyridine rings is 1. The average Bonchev–Trinajstić information content (AvgIpc) is 2.53. The van der Waals surface area contributed by atoms with Gasteiger partial charge in [-0.2, -0.15) is 0 Å². The number of amides is 1. The summed E-state index contributed by atoms with van der Waals surface area (Å²) in [6.07, 6.45) is 5.60. The molecule has 1 aromatic heterocycles. The molecule has 1 amide bonds. The molecule has 1 aliphatic rings. The van der Waals surface area contributed by atoms with Crippen LogP contribution in [0.5, 0.6) is 0 Å². The van der Waals surface area contributed by atoms with Gasteiger partial charge in [-0.15, -0.1) is 0 Å². The highest BCUT2D eigenvalue weighted by molar-refractivity contribution is 5.93. The van der Waals surface area contributed by atoms with Crippen molar-refractivity contribution in [3.8, 4) is 0 Å². The van der Waals surface area contributed by atoms with Crippen LogP contribution in [0.2, 0.25) is 0 Å². The van der Waals surface area contributed by atoms with E-state index in [1.165, 1.54) is 0 Å². The molecule has 1 atom stereocenters. The van der Waals surface area contributed by atoms with Gasteiger partial charge in [0.2, 0.25) is 0 Å². The number of piperazine rings is 1. The third-order valence-corrected chi connectivity index (χ3v) is 3.92. The molecular weight excluding hydrogens is 252 g/mol. The number of hydrogen-bond donors (Lipinski definition) is 1. The summed E-state index contributed by atoms with van der Waals surface area (Å²) in [6.45, 7) is 6.25. The molecule has 2 rings (SSSR count). The van der Waals surface area contributed by atoms with E-state index in [0.717, 1.165) is 39.0 Å². The molecule has 5 nitrogen and oxygen atoms in total. The second-order valence-electron chi connectivity index (χ2n) is 5.25. The zero-order valence-corrected chi connectivity index (χ0v) is 12.2. The number of nitrogens with two attached hydrogens (primary N) is 1. The zero-order valence-electron chi connectivity index (χ0n) is 12.2. The van der Waals surface area contributed by atoms with E-state index >= 15 is 0 Å². The molecule has 1 aromatic rings. The van der Waals surface area contributed by atoms with Gasteiger partial charge in [-0.3, -0.25) is 14.7 Å². The summed E-state index contributed by atoms with van der Waals surface area (Å²) in [5.41, 5.74) is 6.52. The van der Waals surface area contributed by atoms with E-state index in [4.69, 9.17) is 5.73 Å². The summed E-state index contributed by atoms with van der Waals surface area (Å²) < 4.78 is 0. The minimum absolute atomic E-state index is 0.0811. The Morgan fingerprint density at radius 3 is 2.70 bits per heavy atom. The van der Waals surface area contributed by atoms with Crippen molar-refractivity contribution in [2.24, 2.45) is 5.73 Å².